The van der Waals surface area contributed by atoms with Crippen molar-refractivity contribution in [2.75, 3.05) is 7.11 Å². The monoisotopic (exact) mass is 292 g/mol. The highest BCUT2D eigenvalue weighted by Crippen LogP contribution is 2.39. The Labute approximate surface area is 118 Å². The summed E-state index contributed by atoms with van der Waals surface area (Å²) in [6.07, 6.45) is 0. The van der Waals surface area contributed by atoms with Crippen molar-refractivity contribution in [3.05, 3.63) is 58.7 Å². The van der Waals surface area contributed by atoms with Crippen LogP contribution in [0.15, 0.2) is 35.2 Å². The number of ether oxygens (including phenoxy) is 1. The molecular weight excluding hydrogens is 282 g/mol. The van der Waals surface area contributed by atoms with Crippen LogP contribution in [0.2, 0.25) is 0 Å². The van der Waals surface area contributed by atoms with Crippen LogP contribution in [0, 0.1) is 11.6 Å². The Bertz CT molecular complexity index is 713. The lowest BCUT2D eigenvalue weighted by Crippen LogP contribution is -2.09. The standard InChI is InChI=1S/C15H10F2O2S/c1-19-11-6-10(16)14(17)9-7-20-12-5-3-2-4-8(12)15(18)13(9)11/h2-6H,7H2,1H3. The second-order valence-electron chi connectivity index (χ2n) is 4.34. The van der Waals surface area contributed by atoms with Gasteiger partial charge in [0.1, 0.15) is 5.75 Å². The molecule has 0 atom stereocenters. The van der Waals surface area contributed by atoms with Gasteiger partial charge in [-0.15, -0.1) is 11.8 Å². The summed E-state index contributed by atoms with van der Waals surface area (Å²) in [5.41, 5.74) is 0.664. The number of hydrogen-bond donors (Lipinski definition) is 0. The number of carbonyl (C=O) groups is 1. The van der Waals surface area contributed by atoms with E-state index in [-0.39, 0.29) is 28.4 Å². The first-order valence-electron chi connectivity index (χ1n) is 5.95. The highest BCUT2D eigenvalue weighted by atomic mass is 32.2. The number of methoxy groups -OCH3 is 1. The minimum atomic E-state index is -1.00. The minimum Gasteiger partial charge on any atom is -0.496 e. The van der Waals surface area contributed by atoms with Crippen LogP contribution in [0.4, 0.5) is 8.78 Å². The van der Waals surface area contributed by atoms with Gasteiger partial charge in [0.25, 0.3) is 0 Å². The molecule has 0 saturated carbocycles. The summed E-state index contributed by atoms with van der Waals surface area (Å²) < 4.78 is 32.6. The van der Waals surface area contributed by atoms with Crippen LogP contribution < -0.4 is 4.74 Å². The lowest BCUT2D eigenvalue weighted by atomic mass is 9.97. The van der Waals surface area contributed by atoms with E-state index in [9.17, 15) is 13.6 Å². The summed E-state index contributed by atoms with van der Waals surface area (Å²) in [7, 11) is 1.34. The van der Waals surface area contributed by atoms with Gasteiger partial charge in [0.15, 0.2) is 17.4 Å². The van der Waals surface area contributed by atoms with Crippen molar-refractivity contribution in [3.63, 3.8) is 0 Å². The van der Waals surface area contributed by atoms with Gasteiger partial charge in [-0.3, -0.25) is 4.79 Å². The minimum absolute atomic E-state index is 0.0630. The van der Waals surface area contributed by atoms with Crippen LogP contribution in [0.1, 0.15) is 21.5 Å². The number of hydrogen-bond acceptors (Lipinski definition) is 3. The van der Waals surface area contributed by atoms with Crippen molar-refractivity contribution in [2.24, 2.45) is 0 Å². The summed E-state index contributed by atoms with van der Waals surface area (Å²) in [6, 6.07) is 7.95. The maximum Gasteiger partial charge on any atom is 0.198 e. The predicted molar refractivity (Wildman–Crippen MR) is 72.3 cm³/mol. The number of thioether (sulfide) groups is 1. The largest absolute Gasteiger partial charge is 0.496 e. The molecule has 0 saturated heterocycles. The van der Waals surface area contributed by atoms with E-state index in [0.717, 1.165) is 11.0 Å². The first kappa shape index (κ1) is 13.1. The number of halogens is 2. The summed E-state index contributed by atoms with van der Waals surface area (Å²) >= 11 is 1.31. The number of ketones is 1. The Morgan fingerprint density at radius 2 is 2.00 bits per heavy atom. The molecule has 0 radical (unpaired) electrons. The van der Waals surface area contributed by atoms with Crippen LogP contribution >= 0.6 is 11.8 Å². The van der Waals surface area contributed by atoms with Gasteiger partial charge in [-0.25, -0.2) is 8.78 Å². The third-order valence-electron chi connectivity index (χ3n) is 3.23. The number of fused-ring (bicyclic) bond motifs is 2. The van der Waals surface area contributed by atoms with Gasteiger partial charge >= 0.3 is 0 Å². The predicted octanol–water partition coefficient (Wildman–Crippen LogP) is 3.81. The molecule has 5 heteroatoms. The molecule has 1 aliphatic rings. The molecule has 0 fully saturated rings. The van der Waals surface area contributed by atoms with Gasteiger partial charge in [0.2, 0.25) is 0 Å². The molecular formula is C15H10F2O2S. The van der Waals surface area contributed by atoms with E-state index in [1.54, 1.807) is 18.2 Å². The van der Waals surface area contributed by atoms with Crippen molar-refractivity contribution in [1.82, 2.24) is 0 Å². The fourth-order valence-electron chi connectivity index (χ4n) is 2.26. The molecule has 3 rings (SSSR count). The molecule has 1 heterocycles. The molecule has 0 aromatic heterocycles. The number of benzene rings is 2. The van der Waals surface area contributed by atoms with Crippen molar-refractivity contribution in [1.29, 1.82) is 0 Å². The normalized spacial score (nSPS) is 13.4. The van der Waals surface area contributed by atoms with E-state index < -0.39 is 11.6 Å². The van der Waals surface area contributed by atoms with E-state index in [1.165, 1.54) is 18.9 Å². The lowest BCUT2D eigenvalue weighted by Gasteiger charge is -2.12. The molecule has 20 heavy (non-hydrogen) atoms. The van der Waals surface area contributed by atoms with Crippen LogP contribution in [-0.2, 0) is 5.75 Å². The lowest BCUT2D eigenvalue weighted by molar-refractivity contribution is 0.103. The van der Waals surface area contributed by atoms with Gasteiger partial charge < -0.3 is 4.74 Å². The van der Waals surface area contributed by atoms with Gasteiger partial charge in [0, 0.05) is 27.8 Å². The smallest absolute Gasteiger partial charge is 0.198 e. The van der Waals surface area contributed by atoms with Crippen molar-refractivity contribution in [2.45, 2.75) is 10.6 Å². The molecule has 2 aromatic carbocycles. The number of carbonyl (C=O) groups excluding carboxylic acids is 1. The van der Waals surface area contributed by atoms with Crippen LogP contribution in [0.25, 0.3) is 0 Å². The average Bonchev–Trinajstić information content (AvgIpc) is 2.61. The summed E-state index contributed by atoms with van der Waals surface area (Å²) in [5, 5.41) is 0. The molecule has 2 aromatic rings. The van der Waals surface area contributed by atoms with E-state index in [0.29, 0.717) is 5.56 Å². The van der Waals surface area contributed by atoms with Crippen LogP contribution in [0.3, 0.4) is 0 Å². The van der Waals surface area contributed by atoms with Crippen molar-refractivity contribution < 1.29 is 18.3 Å². The zero-order valence-electron chi connectivity index (χ0n) is 10.6. The molecule has 0 spiro atoms. The molecule has 0 amide bonds. The van der Waals surface area contributed by atoms with Crippen molar-refractivity contribution in [3.8, 4) is 5.75 Å². The molecule has 0 aliphatic carbocycles. The number of rotatable bonds is 1. The third kappa shape index (κ3) is 1.89. The zero-order valence-corrected chi connectivity index (χ0v) is 11.4. The highest BCUT2D eigenvalue weighted by molar-refractivity contribution is 7.98. The van der Waals surface area contributed by atoms with E-state index in [1.807, 2.05) is 6.07 Å². The Kier molecular flexibility index (Phi) is 3.22. The Morgan fingerprint density at radius 1 is 1.25 bits per heavy atom. The van der Waals surface area contributed by atoms with Gasteiger partial charge in [-0.05, 0) is 12.1 Å². The molecule has 0 unspecified atom stereocenters. The van der Waals surface area contributed by atoms with Crippen molar-refractivity contribution >= 4 is 17.5 Å². The quantitative estimate of drug-likeness (QED) is 0.799. The summed E-state index contributed by atoms with van der Waals surface area (Å²) in [6.45, 7) is 0. The van der Waals surface area contributed by atoms with Gasteiger partial charge in [0.05, 0.1) is 12.7 Å². The Hall–Kier alpha value is -1.88. The second-order valence-corrected chi connectivity index (χ2v) is 5.36. The average molecular weight is 292 g/mol. The zero-order chi connectivity index (χ0) is 14.3. The van der Waals surface area contributed by atoms with Crippen LogP contribution in [0.5, 0.6) is 5.75 Å². The highest BCUT2D eigenvalue weighted by Gasteiger charge is 2.29. The Balaban J connectivity index is 2.30. The maximum absolute atomic E-state index is 14.0. The summed E-state index contributed by atoms with van der Waals surface area (Å²) in [5.74, 6) is -2.05. The van der Waals surface area contributed by atoms with Gasteiger partial charge in [-0.2, -0.15) is 0 Å². The fourth-order valence-corrected chi connectivity index (χ4v) is 3.33. The van der Waals surface area contributed by atoms with Gasteiger partial charge in [-0.1, -0.05) is 12.1 Å². The Morgan fingerprint density at radius 3 is 2.75 bits per heavy atom. The molecule has 2 nitrogen and oxygen atoms in total. The van der Waals surface area contributed by atoms with E-state index >= 15 is 0 Å². The molecule has 0 N–H and O–H groups in total. The topological polar surface area (TPSA) is 26.3 Å². The van der Waals surface area contributed by atoms with Crippen LogP contribution in [-0.4, -0.2) is 12.9 Å². The maximum atomic E-state index is 14.0. The third-order valence-corrected chi connectivity index (χ3v) is 4.33. The first-order valence-corrected chi connectivity index (χ1v) is 6.93. The second kappa shape index (κ2) is 4.90. The molecule has 1 aliphatic heterocycles. The first-order chi connectivity index (χ1) is 9.63. The fraction of sp³-hybridized carbons (Fsp3) is 0.133. The van der Waals surface area contributed by atoms with E-state index in [4.69, 9.17) is 4.74 Å². The van der Waals surface area contributed by atoms with E-state index in [2.05, 4.69) is 0 Å². The molecule has 102 valence electrons. The SMILES string of the molecule is COc1cc(F)c(F)c2c1C(=O)c1ccccc1SC2. The summed E-state index contributed by atoms with van der Waals surface area (Å²) in [4.78, 5) is 13.3. The molecule has 0 bridgehead atoms.